The van der Waals surface area contributed by atoms with E-state index < -0.39 is 10.0 Å². The molecule has 0 saturated heterocycles. The molecule has 0 saturated carbocycles. The van der Waals surface area contributed by atoms with Crippen LogP contribution in [0.4, 0.5) is 11.4 Å². The van der Waals surface area contributed by atoms with Crippen LogP contribution in [-0.4, -0.2) is 28.0 Å². The van der Waals surface area contributed by atoms with Crippen molar-refractivity contribution in [1.82, 2.24) is 0 Å². The Labute approximate surface area is 136 Å². The van der Waals surface area contributed by atoms with Gasteiger partial charge in [0.15, 0.2) is 12.4 Å². The second-order valence-electron chi connectivity index (χ2n) is 4.56. The van der Waals surface area contributed by atoms with Gasteiger partial charge in [-0.3, -0.25) is 9.52 Å². The lowest BCUT2D eigenvalue weighted by atomic mass is 10.2. The van der Waals surface area contributed by atoms with Crippen LogP contribution in [0.15, 0.2) is 34.5 Å². The van der Waals surface area contributed by atoms with Crippen LogP contribution in [0.1, 0.15) is 0 Å². The molecule has 1 aliphatic rings. The average molecular weight is 359 g/mol. The third kappa shape index (κ3) is 2.65. The molecule has 116 valence electrons. The van der Waals surface area contributed by atoms with Crippen molar-refractivity contribution in [3.8, 4) is 5.75 Å². The summed E-state index contributed by atoms with van der Waals surface area (Å²) in [5.74, 6) is 0.133. The Bertz CT molecular complexity index is 847. The van der Waals surface area contributed by atoms with Crippen molar-refractivity contribution in [1.29, 1.82) is 0 Å². The fourth-order valence-corrected chi connectivity index (χ4v) is 4.57. The zero-order chi connectivity index (χ0) is 15.9. The Morgan fingerprint density at radius 2 is 2.09 bits per heavy atom. The second kappa shape index (κ2) is 5.45. The van der Waals surface area contributed by atoms with Gasteiger partial charge < -0.3 is 9.64 Å². The number of ether oxygens (including phenoxy) is 1. The van der Waals surface area contributed by atoms with Gasteiger partial charge in [-0.2, -0.15) is 0 Å². The molecular weight excluding hydrogens is 348 g/mol. The Morgan fingerprint density at radius 1 is 1.32 bits per heavy atom. The number of nitrogens with one attached hydrogen (secondary N) is 1. The quantitative estimate of drug-likeness (QED) is 0.914. The number of benzene rings is 1. The highest BCUT2D eigenvalue weighted by atomic mass is 35.5. The molecule has 1 aromatic carbocycles. The highest BCUT2D eigenvalue weighted by Crippen LogP contribution is 2.39. The summed E-state index contributed by atoms with van der Waals surface area (Å²) < 4.78 is 33.1. The van der Waals surface area contributed by atoms with E-state index >= 15 is 0 Å². The van der Waals surface area contributed by atoms with Gasteiger partial charge in [0.1, 0.15) is 4.21 Å². The van der Waals surface area contributed by atoms with E-state index in [1.807, 2.05) is 0 Å². The van der Waals surface area contributed by atoms with Crippen LogP contribution in [0.5, 0.6) is 5.75 Å². The van der Waals surface area contributed by atoms with Gasteiger partial charge in [0, 0.05) is 7.05 Å². The standard InChI is InChI=1S/C13H11ClN2O4S2/c1-16-9-4-2-3-8(13(9)20-7-11(16)17)15-22(18,19)12-6-5-10(14)21-12/h2-6,15H,7H2,1H3. The third-order valence-corrected chi connectivity index (χ3v) is 6.22. The minimum absolute atomic E-state index is 0.107. The van der Waals surface area contributed by atoms with Crippen LogP contribution >= 0.6 is 22.9 Å². The first-order chi connectivity index (χ1) is 10.4. The summed E-state index contributed by atoms with van der Waals surface area (Å²) in [7, 11) is -2.14. The molecule has 1 amide bonds. The molecule has 0 atom stereocenters. The van der Waals surface area contributed by atoms with Crippen LogP contribution in [0.2, 0.25) is 4.34 Å². The summed E-state index contributed by atoms with van der Waals surface area (Å²) in [6.45, 7) is -0.132. The highest BCUT2D eigenvalue weighted by molar-refractivity contribution is 7.94. The monoisotopic (exact) mass is 358 g/mol. The summed E-state index contributed by atoms with van der Waals surface area (Å²) in [6.07, 6.45) is 0. The number of carbonyl (C=O) groups is 1. The van der Waals surface area contributed by atoms with E-state index in [0.29, 0.717) is 15.8 Å². The van der Waals surface area contributed by atoms with Crippen molar-refractivity contribution in [3.63, 3.8) is 0 Å². The first kappa shape index (κ1) is 15.1. The second-order valence-corrected chi connectivity index (χ2v) is 8.18. The van der Waals surface area contributed by atoms with Crippen LogP contribution in [0.3, 0.4) is 0 Å². The molecule has 6 nitrogen and oxygen atoms in total. The molecule has 1 aromatic heterocycles. The van der Waals surface area contributed by atoms with Gasteiger partial charge in [0.05, 0.1) is 15.7 Å². The fourth-order valence-electron chi connectivity index (χ4n) is 2.02. The third-order valence-electron chi connectivity index (χ3n) is 3.13. The SMILES string of the molecule is CN1C(=O)COc2c(NS(=O)(=O)c3ccc(Cl)s3)cccc21. The smallest absolute Gasteiger partial charge is 0.271 e. The first-order valence-corrected chi connectivity index (χ1v) is 8.87. The molecule has 0 spiro atoms. The number of hydrogen-bond acceptors (Lipinski definition) is 5. The Morgan fingerprint density at radius 3 is 2.77 bits per heavy atom. The maximum absolute atomic E-state index is 12.4. The molecule has 2 aromatic rings. The average Bonchev–Trinajstić information content (AvgIpc) is 2.91. The molecular formula is C13H11ClN2O4S2. The number of hydrogen-bond donors (Lipinski definition) is 1. The summed E-state index contributed by atoms with van der Waals surface area (Å²) >= 11 is 6.74. The van der Waals surface area contributed by atoms with E-state index in [1.54, 1.807) is 25.2 Å². The predicted molar refractivity (Wildman–Crippen MR) is 85.5 cm³/mol. The minimum atomic E-state index is -3.76. The number of fused-ring (bicyclic) bond motifs is 1. The predicted octanol–water partition coefficient (Wildman–Crippen LogP) is 2.56. The fraction of sp³-hybridized carbons (Fsp3) is 0.154. The molecule has 2 heterocycles. The van der Waals surface area contributed by atoms with Crippen molar-refractivity contribution in [2.75, 3.05) is 23.3 Å². The van der Waals surface area contributed by atoms with Gasteiger partial charge in [-0.1, -0.05) is 17.7 Å². The van der Waals surface area contributed by atoms with Gasteiger partial charge in [-0.05, 0) is 24.3 Å². The number of para-hydroxylation sites is 1. The zero-order valence-corrected chi connectivity index (χ0v) is 13.8. The van der Waals surface area contributed by atoms with E-state index in [-0.39, 0.29) is 22.4 Å². The maximum Gasteiger partial charge on any atom is 0.271 e. The van der Waals surface area contributed by atoms with Gasteiger partial charge in [0.2, 0.25) is 0 Å². The lowest BCUT2D eigenvalue weighted by molar-refractivity contribution is -0.120. The van der Waals surface area contributed by atoms with Gasteiger partial charge in [-0.15, -0.1) is 11.3 Å². The summed E-state index contributed by atoms with van der Waals surface area (Å²) in [5.41, 5.74) is 0.794. The van der Waals surface area contributed by atoms with E-state index in [9.17, 15) is 13.2 Å². The molecule has 0 fully saturated rings. The molecule has 1 aliphatic heterocycles. The molecule has 0 aliphatic carbocycles. The normalized spacial score (nSPS) is 14.5. The first-order valence-electron chi connectivity index (χ1n) is 6.19. The molecule has 1 N–H and O–H groups in total. The Balaban J connectivity index is 1.99. The highest BCUT2D eigenvalue weighted by Gasteiger charge is 2.26. The molecule has 0 bridgehead atoms. The van der Waals surface area contributed by atoms with Crippen molar-refractivity contribution in [3.05, 3.63) is 34.7 Å². The minimum Gasteiger partial charge on any atom is -0.479 e. The van der Waals surface area contributed by atoms with Crippen molar-refractivity contribution in [2.24, 2.45) is 0 Å². The molecule has 9 heteroatoms. The summed E-state index contributed by atoms with van der Waals surface area (Å²) in [4.78, 5) is 13.1. The number of thiophene rings is 1. The number of nitrogens with zero attached hydrogens (tertiary/aromatic N) is 1. The molecule has 22 heavy (non-hydrogen) atoms. The topological polar surface area (TPSA) is 75.7 Å². The Kier molecular flexibility index (Phi) is 3.75. The molecule has 0 radical (unpaired) electrons. The van der Waals surface area contributed by atoms with Crippen molar-refractivity contribution in [2.45, 2.75) is 4.21 Å². The van der Waals surface area contributed by atoms with Gasteiger partial charge >= 0.3 is 0 Å². The number of halogens is 1. The van der Waals surface area contributed by atoms with E-state index in [1.165, 1.54) is 17.0 Å². The molecule has 0 unspecified atom stereocenters. The summed E-state index contributed by atoms with van der Waals surface area (Å²) in [6, 6.07) is 7.86. The van der Waals surface area contributed by atoms with Crippen molar-refractivity contribution >= 4 is 50.2 Å². The van der Waals surface area contributed by atoms with E-state index in [4.69, 9.17) is 16.3 Å². The summed E-state index contributed by atoms with van der Waals surface area (Å²) in [5, 5.41) is 0. The lowest BCUT2D eigenvalue weighted by Gasteiger charge is -2.27. The molecule has 3 rings (SSSR count). The number of amides is 1. The van der Waals surface area contributed by atoms with E-state index in [2.05, 4.69) is 4.72 Å². The van der Waals surface area contributed by atoms with Gasteiger partial charge in [-0.25, -0.2) is 8.42 Å². The van der Waals surface area contributed by atoms with Crippen LogP contribution in [-0.2, 0) is 14.8 Å². The number of rotatable bonds is 3. The number of sulfonamides is 1. The number of likely N-dealkylation sites (N-methyl/N-ethyl adjacent to an activating group) is 1. The Hall–Kier alpha value is -1.77. The largest absolute Gasteiger partial charge is 0.479 e. The van der Waals surface area contributed by atoms with Crippen LogP contribution in [0.25, 0.3) is 0 Å². The zero-order valence-electron chi connectivity index (χ0n) is 11.4. The van der Waals surface area contributed by atoms with Gasteiger partial charge in [0.25, 0.3) is 15.9 Å². The lowest BCUT2D eigenvalue weighted by Crippen LogP contribution is -2.35. The number of carbonyl (C=O) groups excluding carboxylic acids is 1. The van der Waals surface area contributed by atoms with Crippen LogP contribution in [0, 0.1) is 0 Å². The number of anilines is 2. The van der Waals surface area contributed by atoms with E-state index in [0.717, 1.165) is 11.3 Å². The maximum atomic E-state index is 12.4. The van der Waals surface area contributed by atoms with Crippen LogP contribution < -0.4 is 14.4 Å². The van der Waals surface area contributed by atoms with Crippen molar-refractivity contribution < 1.29 is 17.9 Å².